The molecule has 4 rings (SSSR count). The Morgan fingerprint density at radius 3 is 2.12 bits per heavy atom. The van der Waals surface area contributed by atoms with E-state index in [0.717, 1.165) is 0 Å². The Labute approximate surface area is 280 Å². The number of sulfone groups is 1. The Bertz CT molecular complexity index is 1700. The third-order valence-electron chi connectivity index (χ3n) is 7.34. The Morgan fingerprint density at radius 2 is 1.52 bits per heavy atom. The van der Waals surface area contributed by atoms with Crippen molar-refractivity contribution in [1.29, 1.82) is 0 Å². The summed E-state index contributed by atoms with van der Waals surface area (Å²) in [7, 11) is -3.90. The first kappa shape index (κ1) is 36.0. The van der Waals surface area contributed by atoms with Crippen LogP contribution >= 0.6 is 0 Å². The number of carbonyl (C=O) groups is 4. The Kier molecular flexibility index (Phi) is 11.9. The average molecular weight is 680 g/mol. The van der Waals surface area contributed by atoms with Crippen molar-refractivity contribution in [2.75, 3.05) is 32.8 Å². The summed E-state index contributed by atoms with van der Waals surface area (Å²) in [6.45, 7) is 7.93. The second-order valence-corrected chi connectivity index (χ2v) is 14.2. The molecule has 3 amide bonds. The predicted octanol–water partition coefficient (Wildman–Crippen LogP) is 3.64. The molecule has 0 bridgehead atoms. The number of benzene rings is 2. The van der Waals surface area contributed by atoms with Crippen LogP contribution in [0.5, 0.6) is 0 Å². The molecule has 0 spiro atoms. The fraction of sp³-hybridized carbons (Fsp3) is 0.412. The van der Waals surface area contributed by atoms with Crippen molar-refractivity contribution in [3.8, 4) is 11.4 Å². The molecule has 1 unspecified atom stereocenters. The molecule has 0 aliphatic carbocycles. The molecule has 1 aliphatic rings. The third kappa shape index (κ3) is 9.83. The molecule has 0 radical (unpaired) electrons. The first-order chi connectivity index (χ1) is 22.8. The molecule has 0 saturated carbocycles. The quantitative estimate of drug-likeness (QED) is 0.296. The summed E-state index contributed by atoms with van der Waals surface area (Å²) in [5.41, 5.74) is -0.332. The summed E-state index contributed by atoms with van der Waals surface area (Å²) in [6, 6.07) is 15.5. The van der Waals surface area contributed by atoms with Gasteiger partial charge in [0.1, 0.15) is 17.3 Å². The maximum atomic E-state index is 14.0. The average Bonchev–Trinajstić information content (AvgIpc) is 3.06. The lowest BCUT2D eigenvalue weighted by Crippen LogP contribution is -2.56. The smallest absolute Gasteiger partial charge is 0.409 e. The lowest BCUT2D eigenvalue weighted by Gasteiger charge is -2.36. The summed E-state index contributed by atoms with van der Waals surface area (Å²) in [5, 5.41) is 2.72. The largest absolute Gasteiger partial charge is 0.460 e. The van der Waals surface area contributed by atoms with Gasteiger partial charge in [-0.05, 0) is 46.2 Å². The molecule has 256 valence electrons. The molecule has 1 fully saturated rings. The molecule has 1 atom stereocenters. The first-order valence-corrected chi connectivity index (χ1v) is 17.3. The van der Waals surface area contributed by atoms with Gasteiger partial charge in [0.25, 0.3) is 5.91 Å². The second kappa shape index (κ2) is 15.8. The van der Waals surface area contributed by atoms with Crippen LogP contribution in [0.15, 0.2) is 71.8 Å². The summed E-state index contributed by atoms with van der Waals surface area (Å²) in [5.74, 6) is -2.20. The highest BCUT2D eigenvalue weighted by atomic mass is 32.2. The van der Waals surface area contributed by atoms with Crippen molar-refractivity contribution in [1.82, 2.24) is 25.1 Å². The highest BCUT2D eigenvalue weighted by Gasteiger charge is 2.33. The summed E-state index contributed by atoms with van der Waals surface area (Å²) in [4.78, 5) is 64.6. The minimum Gasteiger partial charge on any atom is -0.460 e. The number of esters is 1. The number of piperazine rings is 1. The third-order valence-corrected chi connectivity index (χ3v) is 9.02. The van der Waals surface area contributed by atoms with Crippen LogP contribution in [-0.4, -0.2) is 96.5 Å². The van der Waals surface area contributed by atoms with Gasteiger partial charge < -0.3 is 24.6 Å². The minimum absolute atomic E-state index is 0.0393. The van der Waals surface area contributed by atoms with Gasteiger partial charge >= 0.3 is 12.1 Å². The van der Waals surface area contributed by atoms with E-state index in [-0.39, 0.29) is 67.6 Å². The van der Waals surface area contributed by atoms with Gasteiger partial charge in [-0.3, -0.25) is 14.4 Å². The highest BCUT2D eigenvalue weighted by Crippen LogP contribution is 2.22. The van der Waals surface area contributed by atoms with Gasteiger partial charge in [-0.1, -0.05) is 48.5 Å². The molecule has 48 heavy (non-hydrogen) atoms. The van der Waals surface area contributed by atoms with Crippen molar-refractivity contribution in [2.24, 2.45) is 0 Å². The van der Waals surface area contributed by atoms with Crippen LogP contribution in [0.1, 0.15) is 56.6 Å². The van der Waals surface area contributed by atoms with Gasteiger partial charge in [0, 0.05) is 49.9 Å². The highest BCUT2D eigenvalue weighted by molar-refractivity contribution is 7.90. The molecule has 14 heteroatoms. The fourth-order valence-corrected chi connectivity index (χ4v) is 6.39. The zero-order valence-corrected chi connectivity index (χ0v) is 28.4. The van der Waals surface area contributed by atoms with Gasteiger partial charge in [0.2, 0.25) is 5.91 Å². The number of amides is 3. The molecule has 2 aromatic carbocycles. The number of rotatable bonds is 11. The fourth-order valence-electron chi connectivity index (χ4n) is 5.03. The predicted molar refractivity (Wildman–Crippen MR) is 176 cm³/mol. The number of hydrogen-bond donors (Lipinski definition) is 1. The number of aromatic nitrogens is 2. The SMILES string of the molecule is CCOC(=O)N1CCN(C(=O)C(CCC(=O)OC(C)(C)C)NC(=O)c2nc(-c3ccccc3)ncc2CS(=O)(=O)c2ccccc2)CC1. The molecule has 1 N–H and O–H groups in total. The minimum atomic E-state index is -3.90. The van der Waals surface area contributed by atoms with Crippen LogP contribution in [0.3, 0.4) is 0 Å². The number of ether oxygens (including phenoxy) is 2. The molecular formula is C34H41N5O8S. The number of nitrogens with one attached hydrogen (secondary N) is 1. The normalized spacial score (nSPS) is 14.2. The molecular weight excluding hydrogens is 638 g/mol. The topological polar surface area (TPSA) is 165 Å². The van der Waals surface area contributed by atoms with E-state index in [0.29, 0.717) is 5.56 Å². The molecule has 13 nitrogen and oxygen atoms in total. The van der Waals surface area contributed by atoms with Gasteiger partial charge in [-0.15, -0.1) is 0 Å². The molecule has 2 heterocycles. The van der Waals surface area contributed by atoms with Gasteiger partial charge in [0.05, 0.1) is 17.3 Å². The van der Waals surface area contributed by atoms with Crippen molar-refractivity contribution < 1.29 is 37.1 Å². The lowest BCUT2D eigenvalue weighted by molar-refractivity contribution is -0.155. The zero-order valence-electron chi connectivity index (χ0n) is 27.5. The van der Waals surface area contributed by atoms with Gasteiger partial charge in [-0.25, -0.2) is 23.2 Å². The van der Waals surface area contributed by atoms with Gasteiger partial charge in [-0.2, -0.15) is 0 Å². The molecule has 1 saturated heterocycles. The van der Waals surface area contributed by atoms with Crippen LogP contribution in [0.2, 0.25) is 0 Å². The molecule has 3 aromatic rings. The Hall–Kier alpha value is -4.85. The van der Waals surface area contributed by atoms with Crippen LogP contribution < -0.4 is 5.32 Å². The lowest BCUT2D eigenvalue weighted by atomic mass is 10.1. The Balaban J connectivity index is 1.63. The number of carbonyl (C=O) groups excluding carboxylic acids is 4. The van der Waals surface area contributed by atoms with Crippen LogP contribution in [-0.2, 0) is 34.7 Å². The first-order valence-electron chi connectivity index (χ1n) is 15.7. The summed E-state index contributed by atoms with van der Waals surface area (Å²) in [6.07, 6.45) is 0.559. The van der Waals surface area contributed by atoms with Crippen LogP contribution in [0.25, 0.3) is 11.4 Å². The van der Waals surface area contributed by atoms with Crippen molar-refractivity contribution >= 4 is 33.7 Å². The monoisotopic (exact) mass is 679 g/mol. The molecule has 1 aliphatic heterocycles. The van der Waals surface area contributed by atoms with Crippen LogP contribution in [0.4, 0.5) is 4.79 Å². The second-order valence-electron chi connectivity index (χ2n) is 12.2. The summed E-state index contributed by atoms with van der Waals surface area (Å²) >= 11 is 0. The van der Waals surface area contributed by atoms with Crippen molar-refractivity contribution in [3.05, 3.63) is 78.1 Å². The Morgan fingerprint density at radius 1 is 0.917 bits per heavy atom. The van der Waals surface area contributed by atoms with E-state index >= 15 is 0 Å². The van der Waals surface area contributed by atoms with E-state index in [1.165, 1.54) is 28.1 Å². The van der Waals surface area contributed by atoms with E-state index in [4.69, 9.17) is 9.47 Å². The maximum Gasteiger partial charge on any atom is 0.409 e. The van der Waals surface area contributed by atoms with Crippen LogP contribution in [0, 0.1) is 0 Å². The number of nitrogens with zero attached hydrogens (tertiary/aromatic N) is 4. The van der Waals surface area contributed by atoms with Gasteiger partial charge in [0.15, 0.2) is 15.7 Å². The van der Waals surface area contributed by atoms with E-state index in [1.807, 2.05) is 6.07 Å². The maximum absolute atomic E-state index is 14.0. The molecule has 1 aromatic heterocycles. The van der Waals surface area contributed by atoms with E-state index in [9.17, 15) is 27.6 Å². The standard InChI is InChI=1S/C34H41N5O8S/c1-5-46-33(43)39-20-18-38(19-21-39)32(42)27(16-17-28(40)47-34(2,3)4)36-31(41)29-25(23-48(44,45)26-14-10-7-11-15-26)22-35-30(37-29)24-12-8-6-9-13-24/h6-15,22,27H,5,16-21,23H2,1-4H3,(H,36,41). The van der Waals surface area contributed by atoms with E-state index in [1.54, 1.807) is 70.2 Å². The van der Waals surface area contributed by atoms with Crippen molar-refractivity contribution in [2.45, 2.75) is 62.8 Å². The van der Waals surface area contributed by atoms with Crippen molar-refractivity contribution in [3.63, 3.8) is 0 Å². The summed E-state index contributed by atoms with van der Waals surface area (Å²) < 4.78 is 37.2. The zero-order chi connectivity index (χ0) is 34.9. The number of hydrogen-bond acceptors (Lipinski definition) is 10. The van der Waals surface area contributed by atoms with E-state index in [2.05, 4.69) is 15.3 Å². The van der Waals surface area contributed by atoms with E-state index < -0.39 is 51.1 Å².